The van der Waals surface area contributed by atoms with Gasteiger partial charge >= 0.3 is 5.97 Å². The number of ether oxygens (including phenoxy) is 1. The maximum Gasteiger partial charge on any atom is 0.344 e. The molecule has 0 amide bonds. The van der Waals surface area contributed by atoms with E-state index in [0.29, 0.717) is 29.0 Å². The van der Waals surface area contributed by atoms with Crippen molar-refractivity contribution in [2.45, 2.75) is 27.0 Å². The lowest BCUT2D eigenvalue weighted by atomic mass is 10.1. The molecule has 0 unspecified atom stereocenters. The van der Waals surface area contributed by atoms with Crippen molar-refractivity contribution in [1.82, 2.24) is 14.7 Å². The summed E-state index contributed by atoms with van der Waals surface area (Å²) in [5.41, 5.74) is 2.27. The van der Waals surface area contributed by atoms with Crippen LogP contribution in [0.25, 0.3) is 22.4 Å². The molecule has 0 aliphatic heterocycles. The van der Waals surface area contributed by atoms with Crippen LogP contribution in [0.2, 0.25) is 0 Å². The number of rotatable bonds is 5. The van der Waals surface area contributed by atoms with Gasteiger partial charge in [0.25, 0.3) is 0 Å². The highest BCUT2D eigenvalue weighted by molar-refractivity contribution is 5.93. The Morgan fingerprint density at radius 2 is 1.97 bits per heavy atom. The van der Waals surface area contributed by atoms with E-state index >= 15 is 0 Å². The maximum atomic E-state index is 12.8. The van der Waals surface area contributed by atoms with Gasteiger partial charge in [-0.15, -0.1) is 0 Å². The number of carbonyl (C=O) groups is 1. The first kappa shape index (κ1) is 18.6. The molecule has 0 saturated carbocycles. The summed E-state index contributed by atoms with van der Waals surface area (Å²) >= 11 is 0. The van der Waals surface area contributed by atoms with Crippen molar-refractivity contribution in [3.8, 4) is 11.3 Å². The predicted octanol–water partition coefficient (Wildman–Crippen LogP) is 3.74. The molecule has 1 aromatic carbocycles. The van der Waals surface area contributed by atoms with E-state index in [0.717, 1.165) is 11.3 Å². The number of aromatic nitrogens is 3. The Morgan fingerprint density at radius 3 is 2.72 bits per heavy atom. The molecule has 0 aliphatic carbocycles. The number of carbonyl (C=O) groups excluding carboxylic acids is 1. The Kier molecular flexibility index (Phi) is 4.95. The van der Waals surface area contributed by atoms with Gasteiger partial charge < -0.3 is 13.8 Å². The maximum absolute atomic E-state index is 12.8. The smallest absolute Gasteiger partial charge is 0.344 e. The van der Waals surface area contributed by atoms with Crippen LogP contribution in [0.1, 0.15) is 28.7 Å². The van der Waals surface area contributed by atoms with Gasteiger partial charge in [-0.3, -0.25) is 4.79 Å². The van der Waals surface area contributed by atoms with Gasteiger partial charge in [0.1, 0.15) is 23.5 Å². The lowest BCUT2D eigenvalue weighted by Gasteiger charge is -2.10. The van der Waals surface area contributed by atoms with Gasteiger partial charge in [0.15, 0.2) is 5.76 Å². The fourth-order valence-electron chi connectivity index (χ4n) is 3.08. The molecule has 0 atom stereocenters. The summed E-state index contributed by atoms with van der Waals surface area (Å²) in [5.74, 6) is -0.124. The van der Waals surface area contributed by atoms with Gasteiger partial charge in [0.2, 0.25) is 5.43 Å². The molecular weight excluding hydrogens is 370 g/mol. The molecule has 146 valence electrons. The van der Waals surface area contributed by atoms with Gasteiger partial charge in [0, 0.05) is 30.1 Å². The summed E-state index contributed by atoms with van der Waals surface area (Å²) < 4.78 is 12.4. The Hall–Kier alpha value is -3.74. The average Bonchev–Trinajstić information content (AvgIpc) is 3.22. The Balaban J connectivity index is 1.57. The molecule has 3 aromatic heterocycles. The van der Waals surface area contributed by atoms with Crippen LogP contribution >= 0.6 is 0 Å². The zero-order valence-electron chi connectivity index (χ0n) is 16.1. The summed E-state index contributed by atoms with van der Waals surface area (Å²) in [5, 5.41) is 4.32. The topological polar surface area (TPSA) is 87.2 Å². The highest BCUT2D eigenvalue weighted by Crippen LogP contribution is 2.20. The van der Waals surface area contributed by atoms with Crippen LogP contribution in [0.15, 0.2) is 64.0 Å². The van der Waals surface area contributed by atoms with Gasteiger partial charge in [-0.05, 0) is 26.0 Å². The summed E-state index contributed by atoms with van der Waals surface area (Å²) in [4.78, 5) is 29.8. The van der Waals surface area contributed by atoms with Crippen molar-refractivity contribution in [2.75, 3.05) is 0 Å². The van der Waals surface area contributed by atoms with E-state index in [1.165, 1.54) is 6.20 Å². The summed E-state index contributed by atoms with van der Waals surface area (Å²) in [6.07, 6.45) is 1.50. The minimum Gasteiger partial charge on any atom is -0.455 e. The Morgan fingerprint density at radius 1 is 1.17 bits per heavy atom. The summed E-state index contributed by atoms with van der Waals surface area (Å²) in [6.45, 7) is 4.25. The van der Waals surface area contributed by atoms with Gasteiger partial charge in [0.05, 0.1) is 5.39 Å². The van der Waals surface area contributed by atoms with E-state index in [9.17, 15) is 9.59 Å². The van der Waals surface area contributed by atoms with E-state index in [4.69, 9.17) is 9.26 Å². The number of fused-ring (bicyclic) bond motifs is 1. The number of esters is 1. The molecule has 29 heavy (non-hydrogen) atoms. The number of nitrogens with zero attached hydrogens (tertiary/aromatic N) is 3. The van der Waals surface area contributed by atoms with Crippen molar-refractivity contribution in [3.05, 3.63) is 81.9 Å². The monoisotopic (exact) mass is 389 g/mol. The normalized spacial score (nSPS) is 11.0. The van der Waals surface area contributed by atoms with Crippen LogP contribution < -0.4 is 5.43 Å². The zero-order valence-corrected chi connectivity index (χ0v) is 16.1. The SMILES string of the molecule is CCn1cc(C(=O)OCc2cc(-c3ccccc3)on2)c(=O)c2ccc(C)nc21. The molecule has 0 N–H and O–H groups in total. The second-order valence-corrected chi connectivity index (χ2v) is 6.61. The number of hydrogen-bond donors (Lipinski definition) is 0. The number of aryl methyl sites for hydroxylation is 2. The van der Waals surface area contributed by atoms with E-state index in [-0.39, 0.29) is 12.2 Å². The predicted molar refractivity (Wildman–Crippen MR) is 107 cm³/mol. The van der Waals surface area contributed by atoms with Crippen LogP contribution in [-0.2, 0) is 17.9 Å². The Labute approximate surface area is 166 Å². The van der Waals surface area contributed by atoms with Gasteiger partial charge in [-0.2, -0.15) is 0 Å². The second-order valence-electron chi connectivity index (χ2n) is 6.61. The molecule has 3 heterocycles. The lowest BCUT2D eigenvalue weighted by Crippen LogP contribution is -2.21. The first-order chi connectivity index (χ1) is 14.1. The van der Waals surface area contributed by atoms with Crippen LogP contribution in [-0.4, -0.2) is 20.7 Å². The van der Waals surface area contributed by atoms with Gasteiger partial charge in [-0.1, -0.05) is 35.5 Å². The third-order valence-corrected chi connectivity index (χ3v) is 4.59. The molecule has 7 nitrogen and oxygen atoms in total. The molecule has 0 spiro atoms. The number of benzene rings is 1. The zero-order chi connectivity index (χ0) is 20.4. The Bertz CT molecular complexity index is 1240. The first-order valence-electron chi connectivity index (χ1n) is 9.25. The number of hydrogen-bond acceptors (Lipinski definition) is 6. The summed E-state index contributed by atoms with van der Waals surface area (Å²) in [6, 6.07) is 14.6. The molecule has 4 rings (SSSR count). The molecule has 0 radical (unpaired) electrons. The molecule has 0 bridgehead atoms. The van der Waals surface area contributed by atoms with Crippen LogP contribution in [0.5, 0.6) is 0 Å². The van der Waals surface area contributed by atoms with Crippen LogP contribution in [0.4, 0.5) is 0 Å². The van der Waals surface area contributed by atoms with E-state index < -0.39 is 11.4 Å². The van der Waals surface area contributed by atoms with Crippen molar-refractivity contribution < 1.29 is 14.1 Å². The fraction of sp³-hybridized carbons (Fsp3) is 0.182. The lowest BCUT2D eigenvalue weighted by molar-refractivity contribution is 0.0462. The minimum atomic E-state index is -0.705. The second kappa shape index (κ2) is 7.71. The van der Waals surface area contributed by atoms with Gasteiger partial charge in [-0.25, -0.2) is 9.78 Å². The largest absolute Gasteiger partial charge is 0.455 e. The van der Waals surface area contributed by atoms with E-state index in [2.05, 4.69) is 10.1 Å². The van der Waals surface area contributed by atoms with E-state index in [1.54, 1.807) is 22.8 Å². The first-order valence-corrected chi connectivity index (χ1v) is 9.25. The highest BCUT2D eigenvalue weighted by Gasteiger charge is 2.18. The van der Waals surface area contributed by atoms with Crippen molar-refractivity contribution in [3.63, 3.8) is 0 Å². The molecule has 0 saturated heterocycles. The quantitative estimate of drug-likeness (QED) is 0.483. The molecule has 7 heteroatoms. The van der Waals surface area contributed by atoms with Crippen molar-refractivity contribution in [2.24, 2.45) is 0 Å². The van der Waals surface area contributed by atoms with Crippen molar-refractivity contribution >= 4 is 17.0 Å². The van der Waals surface area contributed by atoms with Crippen molar-refractivity contribution in [1.29, 1.82) is 0 Å². The average molecular weight is 389 g/mol. The van der Waals surface area contributed by atoms with Crippen LogP contribution in [0, 0.1) is 6.92 Å². The highest BCUT2D eigenvalue weighted by atomic mass is 16.5. The summed E-state index contributed by atoms with van der Waals surface area (Å²) in [7, 11) is 0. The standard InChI is InChI=1S/C22H19N3O4/c1-3-25-12-18(20(26)17-10-9-14(2)23-21(17)25)22(27)28-13-16-11-19(29-24-16)15-7-5-4-6-8-15/h4-12H,3,13H2,1-2H3. The third kappa shape index (κ3) is 3.67. The molecule has 0 aliphatic rings. The minimum absolute atomic E-state index is 0.0308. The molecular formula is C22H19N3O4. The van der Waals surface area contributed by atoms with Crippen LogP contribution in [0.3, 0.4) is 0 Å². The number of pyridine rings is 2. The molecule has 0 fully saturated rings. The third-order valence-electron chi connectivity index (χ3n) is 4.59. The van der Waals surface area contributed by atoms with E-state index in [1.807, 2.05) is 44.2 Å². The molecule has 4 aromatic rings. The fourth-order valence-corrected chi connectivity index (χ4v) is 3.08.